The highest BCUT2D eigenvalue weighted by molar-refractivity contribution is 6.04. The van der Waals surface area contributed by atoms with Crippen molar-refractivity contribution in [2.75, 3.05) is 26.2 Å². The number of piperidine rings is 1. The van der Waals surface area contributed by atoms with Crippen LogP contribution in [0.2, 0.25) is 0 Å². The van der Waals surface area contributed by atoms with Gasteiger partial charge in [0.05, 0.1) is 24.9 Å². The summed E-state index contributed by atoms with van der Waals surface area (Å²) in [4.78, 5) is 15.7. The second-order valence-electron chi connectivity index (χ2n) is 9.28. The van der Waals surface area contributed by atoms with E-state index in [2.05, 4.69) is 56.0 Å². The minimum atomic E-state index is -0.0863. The molecular formula is C27H35N3O2. The summed E-state index contributed by atoms with van der Waals surface area (Å²) in [5, 5.41) is 6.64. The van der Waals surface area contributed by atoms with Gasteiger partial charge in [-0.25, -0.2) is 5.01 Å². The molecule has 0 aliphatic carbocycles. The van der Waals surface area contributed by atoms with Crippen molar-refractivity contribution in [3.05, 3.63) is 64.7 Å². The number of carbonyl (C=O) groups excluding carboxylic acids is 1. The topological polar surface area (TPSA) is 45.1 Å². The zero-order valence-corrected chi connectivity index (χ0v) is 19.8. The summed E-state index contributed by atoms with van der Waals surface area (Å²) in [6, 6.07) is 14.5. The largest absolute Gasteiger partial charge is 0.494 e. The predicted octanol–water partition coefficient (Wildman–Crippen LogP) is 5.11. The van der Waals surface area contributed by atoms with E-state index in [1.54, 1.807) is 5.01 Å². The maximum Gasteiger partial charge on any atom is 0.257 e. The number of likely N-dealkylation sites (tertiary alicyclic amines) is 1. The van der Waals surface area contributed by atoms with E-state index in [4.69, 9.17) is 9.84 Å². The highest BCUT2D eigenvalue weighted by Gasteiger charge is 2.34. The van der Waals surface area contributed by atoms with Crippen molar-refractivity contribution in [3.63, 3.8) is 0 Å². The number of hydrogen-bond donors (Lipinski definition) is 0. The van der Waals surface area contributed by atoms with Crippen LogP contribution < -0.4 is 4.74 Å². The molecule has 1 fully saturated rings. The summed E-state index contributed by atoms with van der Waals surface area (Å²) in [5.74, 6) is 1.68. The fraction of sp³-hybridized carbons (Fsp3) is 0.481. The van der Waals surface area contributed by atoms with Crippen molar-refractivity contribution in [2.24, 2.45) is 11.0 Å². The number of hydrazone groups is 1. The first-order valence-corrected chi connectivity index (χ1v) is 11.9. The third-order valence-electron chi connectivity index (χ3n) is 6.68. The van der Waals surface area contributed by atoms with Crippen LogP contribution >= 0.6 is 0 Å². The quantitative estimate of drug-likeness (QED) is 0.636. The average molecular weight is 434 g/mol. The summed E-state index contributed by atoms with van der Waals surface area (Å²) in [6.45, 7) is 11.5. The van der Waals surface area contributed by atoms with Gasteiger partial charge in [-0.15, -0.1) is 0 Å². The fourth-order valence-electron chi connectivity index (χ4n) is 4.65. The second kappa shape index (κ2) is 9.86. The summed E-state index contributed by atoms with van der Waals surface area (Å²) < 4.78 is 5.61. The molecule has 2 aromatic carbocycles. The van der Waals surface area contributed by atoms with E-state index < -0.39 is 0 Å². The zero-order chi connectivity index (χ0) is 22.7. The van der Waals surface area contributed by atoms with E-state index in [0.29, 0.717) is 13.2 Å². The summed E-state index contributed by atoms with van der Waals surface area (Å²) in [5.41, 5.74) is 5.63. The number of ether oxygens (including phenoxy) is 1. The molecule has 2 aliphatic rings. The smallest absolute Gasteiger partial charge is 0.257 e. The first kappa shape index (κ1) is 22.5. The molecule has 0 bridgehead atoms. The molecule has 5 heteroatoms. The minimum absolute atomic E-state index is 0.0822. The van der Waals surface area contributed by atoms with Crippen molar-refractivity contribution in [1.82, 2.24) is 9.91 Å². The number of rotatable bonds is 6. The lowest BCUT2D eigenvalue weighted by Crippen LogP contribution is -2.41. The molecule has 4 rings (SSSR count). The van der Waals surface area contributed by atoms with Crippen LogP contribution in [0.15, 0.2) is 47.6 Å². The lowest BCUT2D eigenvalue weighted by Gasteiger charge is -2.31. The molecule has 1 saturated heterocycles. The molecule has 0 radical (unpaired) electrons. The second-order valence-corrected chi connectivity index (χ2v) is 9.28. The number of hydrogen-bond acceptors (Lipinski definition) is 4. The van der Waals surface area contributed by atoms with Crippen LogP contribution in [0.1, 0.15) is 61.4 Å². The van der Waals surface area contributed by atoms with Crippen molar-refractivity contribution in [2.45, 2.75) is 53.0 Å². The molecule has 5 nitrogen and oxygen atoms in total. The Bertz CT molecular complexity index is 975. The molecule has 1 atom stereocenters. The van der Waals surface area contributed by atoms with Crippen molar-refractivity contribution >= 4 is 11.6 Å². The molecule has 0 saturated carbocycles. The van der Waals surface area contributed by atoms with Gasteiger partial charge in [-0.1, -0.05) is 36.8 Å². The van der Waals surface area contributed by atoms with Gasteiger partial charge in [0.15, 0.2) is 0 Å². The fourth-order valence-corrected chi connectivity index (χ4v) is 4.65. The van der Waals surface area contributed by atoms with Crippen LogP contribution in [-0.2, 0) is 4.79 Å². The molecule has 0 N–H and O–H groups in total. The number of aryl methyl sites for hydroxylation is 2. The van der Waals surface area contributed by atoms with Gasteiger partial charge in [0.25, 0.3) is 5.91 Å². The van der Waals surface area contributed by atoms with Crippen LogP contribution in [0, 0.1) is 19.8 Å². The van der Waals surface area contributed by atoms with E-state index in [-0.39, 0.29) is 11.9 Å². The maximum atomic E-state index is 13.4. The van der Waals surface area contributed by atoms with Crippen molar-refractivity contribution in [1.29, 1.82) is 0 Å². The summed E-state index contributed by atoms with van der Waals surface area (Å²) in [6.07, 6.45) is 3.04. The van der Waals surface area contributed by atoms with Gasteiger partial charge in [0.1, 0.15) is 5.75 Å². The highest BCUT2D eigenvalue weighted by atomic mass is 16.5. The number of nitrogens with zero attached hydrogens (tertiary/aromatic N) is 3. The van der Waals surface area contributed by atoms with Gasteiger partial charge in [0, 0.05) is 12.0 Å². The first-order chi connectivity index (χ1) is 15.4. The number of benzene rings is 2. The third-order valence-corrected chi connectivity index (χ3v) is 6.68. The Labute approximate surface area is 192 Å². The zero-order valence-electron chi connectivity index (χ0n) is 19.8. The van der Waals surface area contributed by atoms with Crippen LogP contribution in [0.5, 0.6) is 5.75 Å². The molecule has 1 amide bonds. The lowest BCUT2D eigenvalue weighted by atomic mass is 9.95. The first-order valence-electron chi connectivity index (χ1n) is 11.9. The predicted molar refractivity (Wildman–Crippen MR) is 129 cm³/mol. The summed E-state index contributed by atoms with van der Waals surface area (Å²) in [7, 11) is 0. The molecule has 0 aromatic heterocycles. The summed E-state index contributed by atoms with van der Waals surface area (Å²) >= 11 is 0. The van der Waals surface area contributed by atoms with Gasteiger partial charge in [0.2, 0.25) is 0 Å². The molecule has 32 heavy (non-hydrogen) atoms. The van der Waals surface area contributed by atoms with Crippen LogP contribution in [-0.4, -0.2) is 47.8 Å². The molecule has 2 aliphatic heterocycles. The number of carbonyl (C=O) groups is 1. The maximum absolute atomic E-state index is 13.4. The SMILES string of the molecule is CCOc1ccc([C@H]2CC(c3cc(C)ccc3C)=NN2C(=O)CN2CCC(C)CC2)cc1. The molecule has 170 valence electrons. The van der Waals surface area contributed by atoms with E-state index in [0.717, 1.165) is 60.9 Å². The molecule has 2 heterocycles. The minimum Gasteiger partial charge on any atom is -0.494 e. The van der Waals surface area contributed by atoms with E-state index in [1.807, 2.05) is 19.1 Å². The van der Waals surface area contributed by atoms with Crippen LogP contribution in [0.3, 0.4) is 0 Å². The Hall–Kier alpha value is -2.66. The monoisotopic (exact) mass is 433 g/mol. The van der Waals surface area contributed by atoms with Gasteiger partial charge >= 0.3 is 0 Å². The van der Waals surface area contributed by atoms with Crippen LogP contribution in [0.25, 0.3) is 0 Å². The lowest BCUT2D eigenvalue weighted by molar-refractivity contribution is -0.134. The molecule has 0 spiro atoms. The van der Waals surface area contributed by atoms with Gasteiger partial charge in [-0.2, -0.15) is 5.10 Å². The van der Waals surface area contributed by atoms with Gasteiger partial charge in [-0.3, -0.25) is 9.69 Å². The van der Waals surface area contributed by atoms with Crippen molar-refractivity contribution < 1.29 is 9.53 Å². The van der Waals surface area contributed by atoms with Crippen molar-refractivity contribution in [3.8, 4) is 5.75 Å². The van der Waals surface area contributed by atoms with E-state index in [1.165, 1.54) is 11.1 Å². The van der Waals surface area contributed by atoms with Gasteiger partial charge in [-0.05, 0) is 81.9 Å². The van der Waals surface area contributed by atoms with E-state index in [9.17, 15) is 4.79 Å². The Morgan fingerprint density at radius 1 is 1.09 bits per heavy atom. The normalized spacial score (nSPS) is 19.8. The molecule has 0 unspecified atom stereocenters. The van der Waals surface area contributed by atoms with Crippen LogP contribution in [0.4, 0.5) is 0 Å². The molecular weight excluding hydrogens is 398 g/mol. The third kappa shape index (κ3) is 5.04. The molecule has 2 aromatic rings. The Balaban J connectivity index is 1.60. The average Bonchev–Trinajstić information content (AvgIpc) is 3.23. The standard InChI is InChI=1S/C27H35N3O2/c1-5-32-23-10-8-22(9-11-23)26-17-25(24-16-20(3)6-7-21(24)4)28-30(26)27(31)18-29-14-12-19(2)13-15-29/h6-11,16,19,26H,5,12-15,17-18H2,1-4H3/t26-/m1/s1. The highest BCUT2D eigenvalue weighted by Crippen LogP contribution is 2.34. The Morgan fingerprint density at radius 3 is 2.50 bits per heavy atom. The Kier molecular flexibility index (Phi) is 6.95. The van der Waals surface area contributed by atoms with E-state index >= 15 is 0 Å². The Morgan fingerprint density at radius 2 is 1.81 bits per heavy atom. The van der Waals surface area contributed by atoms with Gasteiger partial charge < -0.3 is 4.74 Å². The number of amides is 1.